The average Bonchev–Trinajstić information content (AvgIpc) is 2.56. The Kier molecular flexibility index (Phi) is 5.26. The normalized spacial score (nSPS) is 27.2. The van der Waals surface area contributed by atoms with Crippen molar-refractivity contribution in [2.45, 2.75) is 51.0 Å². The molecule has 0 bridgehead atoms. The van der Waals surface area contributed by atoms with Gasteiger partial charge in [0.15, 0.2) is 0 Å². The first-order chi connectivity index (χ1) is 10.3. The molecule has 3 rings (SSSR count). The van der Waals surface area contributed by atoms with Crippen LogP contribution in [0.5, 0.6) is 0 Å². The van der Waals surface area contributed by atoms with Gasteiger partial charge in [0.25, 0.3) is 0 Å². The van der Waals surface area contributed by atoms with Crippen LogP contribution in [-0.2, 0) is 0 Å². The molecule has 1 aromatic carbocycles. The Hall–Kier alpha value is -0.930. The molecule has 0 spiro atoms. The lowest BCUT2D eigenvalue weighted by atomic mass is 9.82. The van der Waals surface area contributed by atoms with Gasteiger partial charge in [0.05, 0.1) is 4.99 Å². The lowest BCUT2D eigenvalue weighted by Gasteiger charge is -2.42. The van der Waals surface area contributed by atoms with E-state index in [0.717, 1.165) is 10.7 Å². The molecule has 1 aromatic rings. The average molecular weight is 302 g/mol. The van der Waals surface area contributed by atoms with Crippen molar-refractivity contribution in [1.29, 1.82) is 0 Å². The van der Waals surface area contributed by atoms with Crippen LogP contribution in [0.15, 0.2) is 30.3 Å². The number of thiocarbonyl (C=S) groups is 1. The van der Waals surface area contributed by atoms with E-state index in [0.29, 0.717) is 12.0 Å². The highest BCUT2D eigenvalue weighted by molar-refractivity contribution is 7.80. The molecule has 0 unspecified atom stereocenters. The fraction of sp³-hybridized carbons (Fsp3) is 0.611. The van der Waals surface area contributed by atoms with E-state index in [-0.39, 0.29) is 0 Å². The van der Waals surface area contributed by atoms with Crippen LogP contribution in [-0.4, -0.2) is 29.0 Å². The lowest BCUT2D eigenvalue weighted by molar-refractivity contribution is 0.110. The Morgan fingerprint density at radius 1 is 0.952 bits per heavy atom. The summed E-state index contributed by atoms with van der Waals surface area (Å²) in [6.45, 7) is 2.55. The number of piperidine rings is 1. The van der Waals surface area contributed by atoms with Crippen LogP contribution in [0.3, 0.4) is 0 Å². The quantitative estimate of drug-likeness (QED) is 0.829. The predicted octanol–water partition coefficient (Wildman–Crippen LogP) is 4.47. The smallest absolute Gasteiger partial charge is 0.0844 e. The van der Waals surface area contributed by atoms with Gasteiger partial charge in [0.2, 0.25) is 0 Å². The topological polar surface area (TPSA) is 15.3 Å². The molecule has 21 heavy (non-hydrogen) atoms. The second kappa shape index (κ2) is 7.37. The molecule has 114 valence electrons. The third-order valence-corrected chi connectivity index (χ3v) is 5.37. The summed E-state index contributed by atoms with van der Waals surface area (Å²) in [6.07, 6.45) is 9.39. The molecular weight excluding hydrogens is 276 g/mol. The standard InChI is InChI=1S/C18H26N2S/c21-18(19-15-9-3-1-4-10-15)16-11-5-6-12-17(16)20-13-7-2-8-14-20/h1,3-4,9-10,16-17H,2,5-8,11-14H2,(H,19,21)/t16-,17+/m1/s1. The Labute approximate surface area is 133 Å². The van der Waals surface area contributed by atoms with Crippen molar-refractivity contribution < 1.29 is 0 Å². The van der Waals surface area contributed by atoms with E-state index in [1.807, 2.05) is 6.07 Å². The molecule has 1 aliphatic carbocycles. The number of nitrogens with one attached hydrogen (secondary N) is 1. The van der Waals surface area contributed by atoms with Gasteiger partial charge in [-0.3, -0.25) is 4.90 Å². The molecule has 1 aliphatic heterocycles. The van der Waals surface area contributed by atoms with Gasteiger partial charge < -0.3 is 5.32 Å². The minimum atomic E-state index is 0.534. The van der Waals surface area contributed by atoms with E-state index in [9.17, 15) is 0 Å². The minimum Gasteiger partial charge on any atom is -0.350 e. The Balaban J connectivity index is 1.66. The molecule has 1 saturated carbocycles. The zero-order valence-electron chi connectivity index (χ0n) is 12.8. The summed E-state index contributed by atoms with van der Waals surface area (Å²) in [5.74, 6) is 0.534. The third-order valence-electron chi connectivity index (χ3n) is 4.97. The first-order valence-corrected chi connectivity index (χ1v) is 8.85. The molecule has 2 nitrogen and oxygen atoms in total. The van der Waals surface area contributed by atoms with Crippen LogP contribution in [0, 0.1) is 5.92 Å². The number of rotatable bonds is 3. The molecule has 2 fully saturated rings. The Morgan fingerprint density at radius 3 is 2.43 bits per heavy atom. The van der Waals surface area contributed by atoms with Crippen molar-refractivity contribution in [3.63, 3.8) is 0 Å². The molecular formula is C18H26N2S. The van der Waals surface area contributed by atoms with Crippen molar-refractivity contribution in [2.75, 3.05) is 18.4 Å². The summed E-state index contributed by atoms with van der Waals surface area (Å²) >= 11 is 5.76. The van der Waals surface area contributed by atoms with Crippen LogP contribution < -0.4 is 5.32 Å². The second-order valence-corrected chi connectivity index (χ2v) is 6.85. The van der Waals surface area contributed by atoms with Crippen molar-refractivity contribution in [2.24, 2.45) is 5.92 Å². The molecule has 3 heteroatoms. The highest BCUT2D eigenvalue weighted by atomic mass is 32.1. The molecule has 1 N–H and O–H groups in total. The van der Waals surface area contributed by atoms with E-state index in [1.165, 1.54) is 58.0 Å². The van der Waals surface area contributed by atoms with Crippen molar-refractivity contribution in [3.05, 3.63) is 30.3 Å². The van der Waals surface area contributed by atoms with E-state index in [4.69, 9.17) is 12.2 Å². The molecule has 0 radical (unpaired) electrons. The molecule has 0 amide bonds. The second-order valence-electron chi connectivity index (χ2n) is 6.41. The number of likely N-dealkylation sites (tertiary alicyclic amines) is 1. The molecule has 1 heterocycles. The highest BCUT2D eigenvalue weighted by Gasteiger charge is 2.33. The summed E-state index contributed by atoms with van der Waals surface area (Å²) in [5, 5.41) is 3.49. The van der Waals surface area contributed by atoms with Crippen LogP contribution in [0.2, 0.25) is 0 Å². The number of nitrogens with zero attached hydrogens (tertiary/aromatic N) is 1. The van der Waals surface area contributed by atoms with Crippen LogP contribution in [0.4, 0.5) is 5.69 Å². The maximum absolute atomic E-state index is 5.76. The maximum Gasteiger partial charge on any atom is 0.0844 e. The van der Waals surface area contributed by atoms with Gasteiger partial charge in [0, 0.05) is 17.6 Å². The highest BCUT2D eigenvalue weighted by Crippen LogP contribution is 2.31. The summed E-state index contributed by atoms with van der Waals surface area (Å²) < 4.78 is 0. The fourth-order valence-corrected chi connectivity index (χ4v) is 4.25. The fourth-order valence-electron chi connectivity index (χ4n) is 3.86. The molecule has 2 aliphatic rings. The van der Waals surface area contributed by atoms with E-state index >= 15 is 0 Å². The summed E-state index contributed by atoms with van der Waals surface area (Å²) in [6, 6.07) is 11.0. The largest absolute Gasteiger partial charge is 0.350 e. The van der Waals surface area contributed by atoms with Crippen LogP contribution >= 0.6 is 12.2 Å². The monoisotopic (exact) mass is 302 g/mol. The zero-order valence-corrected chi connectivity index (χ0v) is 13.6. The van der Waals surface area contributed by atoms with Gasteiger partial charge in [-0.15, -0.1) is 0 Å². The van der Waals surface area contributed by atoms with Gasteiger partial charge in [-0.05, 0) is 50.9 Å². The van der Waals surface area contributed by atoms with Crippen LogP contribution in [0.25, 0.3) is 0 Å². The first-order valence-electron chi connectivity index (χ1n) is 8.44. The number of hydrogen-bond donors (Lipinski definition) is 1. The summed E-state index contributed by atoms with van der Waals surface area (Å²) in [7, 11) is 0. The Bertz CT molecular complexity index is 454. The minimum absolute atomic E-state index is 0.534. The summed E-state index contributed by atoms with van der Waals surface area (Å²) in [4.78, 5) is 3.77. The summed E-state index contributed by atoms with van der Waals surface area (Å²) in [5.41, 5.74) is 1.13. The van der Waals surface area contributed by atoms with Gasteiger partial charge in [-0.2, -0.15) is 0 Å². The molecule has 1 saturated heterocycles. The molecule has 0 aromatic heterocycles. The first kappa shape index (κ1) is 15.0. The lowest BCUT2D eigenvalue weighted by Crippen LogP contribution is -2.48. The number of hydrogen-bond acceptors (Lipinski definition) is 2. The van der Waals surface area contributed by atoms with E-state index in [2.05, 4.69) is 34.5 Å². The Morgan fingerprint density at radius 2 is 1.67 bits per heavy atom. The van der Waals surface area contributed by atoms with Gasteiger partial charge in [-0.1, -0.05) is 49.7 Å². The van der Waals surface area contributed by atoms with E-state index < -0.39 is 0 Å². The van der Waals surface area contributed by atoms with Gasteiger partial charge >= 0.3 is 0 Å². The molecule has 2 atom stereocenters. The van der Waals surface area contributed by atoms with Crippen LogP contribution in [0.1, 0.15) is 44.9 Å². The van der Waals surface area contributed by atoms with Gasteiger partial charge in [0.1, 0.15) is 0 Å². The van der Waals surface area contributed by atoms with E-state index in [1.54, 1.807) is 0 Å². The zero-order chi connectivity index (χ0) is 14.5. The van der Waals surface area contributed by atoms with Crippen molar-refractivity contribution in [3.8, 4) is 0 Å². The van der Waals surface area contributed by atoms with Crippen molar-refractivity contribution in [1.82, 2.24) is 4.90 Å². The van der Waals surface area contributed by atoms with Crippen molar-refractivity contribution >= 4 is 22.9 Å². The number of benzene rings is 1. The maximum atomic E-state index is 5.76. The number of anilines is 1. The third kappa shape index (κ3) is 3.83. The number of para-hydroxylation sites is 1. The van der Waals surface area contributed by atoms with Gasteiger partial charge in [-0.25, -0.2) is 0 Å². The predicted molar refractivity (Wildman–Crippen MR) is 93.8 cm³/mol. The SMILES string of the molecule is S=C(Nc1ccccc1)[C@@H]1CCCC[C@@H]1N1CCCCC1.